The van der Waals surface area contributed by atoms with Crippen molar-refractivity contribution >= 4 is 23.7 Å². The van der Waals surface area contributed by atoms with E-state index in [1.165, 1.54) is 6.92 Å². The number of aromatic nitrogens is 6. The lowest BCUT2D eigenvalue weighted by Gasteiger charge is -2.19. The summed E-state index contributed by atoms with van der Waals surface area (Å²) in [5.41, 5.74) is 3.49. The minimum absolute atomic E-state index is 0.00508. The van der Waals surface area contributed by atoms with Gasteiger partial charge in [-0.1, -0.05) is 73.5 Å². The van der Waals surface area contributed by atoms with Crippen LogP contribution in [0.25, 0.3) is 22.5 Å². The molecule has 3 unspecified atom stereocenters. The second-order valence-corrected chi connectivity index (χ2v) is 13.7. The number of nitrogens with one attached hydrogen (secondary N) is 1. The highest BCUT2D eigenvalue weighted by molar-refractivity contribution is 6.32. The number of aryl methyl sites for hydroxylation is 1. The normalized spacial score (nSPS) is 19.2. The van der Waals surface area contributed by atoms with Gasteiger partial charge < -0.3 is 47.4 Å². The molecule has 2 saturated heterocycles. The van der Waals surface area contributed by atoms with Gasteiger partial charge in [-0.05, 0) is 28.3 Å². The lowest BCUT2D eigenvalue weighted by Crippen LogP contribution is -2.36. The molecule has 4 aromatic rings. The quantitative estimate of drug-likeness (QED) is 0.0387. The number of ether oxygens (including phenoxy) is 7. The van der Waals surface area contributed by atoms with E-state index in [9.17, 15) is 29.8 Å². The predicted molar refractivity (Wildman–Crippen MR) is 201 cm³/mol. The number of tetrazole rings is 1. The fourth-order valence-corrected chi connectivity index (χ4v) is 6.85. The van der Waals surface area contributed by atoms with E-state index in [4.69, 9.17) is 44.8 Å². The molecule has 6 rings (SSSR count). The Hall–Kier alpha value is -6.01. The third-order valence-electron chi connectivity index (χ3n) is 9.28. The van der Waals surface area contributed by atoms with Crippen LogP contribution in [-0.4, -0.2) is 129 Å². The minimum atomic E-state index is -1.39. The number of carbonyl (C=O) groups excluding carboxylic acids is 2. The van der Waals surface area contributed by atoms with Crippen molar-refractivity contribution in [2.45, 2.75) is 76.5 Å². The third kappa shape index (κ3) is 11.4. The number of hydrogen-bond acceptors (Lipinski definition) is 19. The summed E-state index contributed by atoms with van der Waals surface area (Å²) in [6, 6.07) is 15.5. The molecule has 6 atom stereocenters. The van der Waals surface area contributed by atoms with Gasteiger partial charge in [0, 0.05) is 25.5 Å². The molecule has 2 aliphatic heterocycles. The van der Waals surface area contributed by atoms with Crippen molar-refractivity contribution in [2.24, 2.45) is 0 Å². The van der Waals surface area contributed by atoms with Gasteiger partial charge in [0.25, 0.3) is 10.2 Å². The Morgan fingerprint density at radius 1 is 0.983 bits per heavy atom. The van der Waals surface area contributed by atoms with Crippen molar-refractivity contribution in [3.63, 3.8) is 0 Å². The Kier molecular flexibility index (Phi) is 15.1. The maximum Gasteiger partial charge on any atom is 0.511 e. The molecule has 60 heavy (non-hydrogen) atoms. The second-order valence-electron chi connectivity index (χ2n) is 13.4. The van der Waals surface area contributed by atoms with Crippen LogP contribution in [0.4, 0.5) is 4.79 Å². The van der Waals surface area contributed by atoms with Crippen LogP contribution in [0.3, 0.4) is 0 Å². The number of H-pyrrole nitrogens is 1. The van der Waals surface area contributed by atoms with Crippen molar-refractivity contribution in [1.29, 1.82) is 0 Å². The van der Waals surface area contributed by atoms with Crippen LogP contribution in [0.15, 0.2) is 48.5 Å². The minimum Gasteiger partial charge on any atom is -0.426 e. The average molecular weight is 861 g/mol. The molecule has 24 heteroatoms. The highest BCUT2D eigenvalue weighted by Crippen LogP contribution is 2.32. The number of unbranched alkanes of at least 4 members (excludes halogenated alkanes) is 1. The summed E-state index contributed by atoms with van der Waals surface area (Å²) < 4.78 is 40.5. The highest BCUT2D eigenvalue weighted by Gasteiger charge is 2.50. The van der Waals surface area contributed by atoms with Crippen molar-refractivity contribution < 1.29 is 62.6 Å². The number of nitrogens with zero attached hydrogens (tertiary/aromatic N) is 7. The number of esters is 1. The van der Waals surface area contributed by atoms with Gasteiger partial charge in [0.2, 0.25) is 12.1 Å². The largest absolute Gasteiger partial charge is 0.511 e. The Labute approximate surface area is 345 Å². The zero-order chi connectivity index (χ0) is 42.6. The number of fused-ring (bicyclic) bond motifs is 1. The van der Waals surface area contributed by atoms with Gasteiger partial charge in [-0.15, -0.1) is 30.4 Å². The van der Waals surface area contributed by atoms with E-state index >= 15 is 0 Å². The van der Waals surface area contributed by atoms with Crippen molar-refractivity contribution in [2.75, 3.05) is 39.6 Å². The second kappa shape index (κ2) is 20.8. The number of imidazole rings is 1. The standard InChI is InChI=1S/C36H41ClN8O15/c1-3-4-9-29-38-33(37)30(43(29)16-22-10-12-23(13-11-22)25-7-5-6-8-26(25)34-39-41-42-40-34)35(46)57-21(2)58-36(47)59-28-20-55-31-27(19-54-32(28)31)53-15-14-52-17-24(60-45(50)51)18-56-44(48)49/h5-8,10-13,21,24,27-28,31-32H,3-4,9,14-20H2,1-2H3,(H,39,40,41,42)/t21?,24-,27+,28+,31?,32?/m0/s1. The number of hydrogen-bond donors (Lipinski definition) is 1. The van der Waals surface area contributed by atoms with E-state index in [2.05, 4.69) is 35.3 Å². The fraction of sp³-hybridized carbons (Fsp3) is 0.500. The number of benzene rings is 2. The molecule has 1 N–H and O–H groups in total. The van der Waals surface area contributed by atoms with Gasteiger partial charge in [0.15, 0.2) is 23.1 Å². The van der Waals surface area contributed by atoms with Crippen LogP contribution in [0, 0.1) is 20.2 Å². The maximum absolute atomic E-state index is 13.6. The summed E-state index contributed by atoms with van der Waals surface area (Å²) in [6.07, 6.45) is -4.35. The first-order valence-electron chi connectivity index (χ1n) is 18.8. The molecule has 2 aromatic carbocycles. The number of halogens is 1. The zero-order valence-electron chi connectivity index (χ0n) is 32.3. The molecular weight excluding hydrogens is 820 g/mol. The monoisotopic (exact) mass is 860 g/mol. The Morgan fingerprint density at radius 2 is 1.72 bits per heavy atom. The summed E-state index contributed by atoms with van der Waals surface area (Å²) in [6.45, 7) is 2.57. The Morgan fingerprint density at radius 3 is 2.42 bits per heavy atom. The first-order chi connectivity index (χ1) is 29.0. The molecule has 2 aromatic heterocycles. The number of rotatable bonds is 22. The topological polar surface area (TPSA) is 276 Å². The van der Waals surface area contributed by atoms with Gasteiger partial charge in [-0.3, -0.25) is 0 Å². The third-order valence-corrected chi connectivity index (χ3v) is 9.54. The first kappa shape index (κ1) is 43.6. The predicted octanol–water partition coefficient (Wildman–Crippen LogP) is 3.78. The average Bonchev–Trinajstić information content (AvgIpc) is 4.03. The van der Waals surface area contributed by atoms with E-state index in [0.717, 1.165) is 35.1 Å². The van der Waals surface area contributed by atoms with Crippen molar-refractivity contribution in [3.8, 4) is 22.5 Å². The molecule has 0 amide bonds. The molecule has 0 radical (unpaired) electrons. The SMILES string of the molecule is CCCCc1nc(Cl)c(C(=O)OC(C)OC(=O)O[C@@H]2COC3C2OC[C@H]3OCCOC[C@@H](CO[N+](=O)[O-])O[N+](=O)[O-])n1Cc1ccc(-c2ccccc2-c2nn[nH]n2)cc1. The van der Waals surface area contributed by atoms with E-state index in [-0.39, 0.29) is 50.4 Å². The van der Waals surface area contributed by atoms with Gasteiger partial charge >= 0.3 is 12.1 Å². The summed E-state index contributed by atoms with van der Waals surface area (Å²) in [5.74, 6) is 0.194. The first-order valence-corrected chi connectivity index (χ1v) is 19.1. The fourth-order valence-electron chi connectivity index (χ4n) is 6.57. The Bertz CT molecular complexity index is 2070. The maximum atomic E-state index is 13.6. The van der Waals surface area contributed by atoms with Crippen LogP contribution in [0.1, 0.15) is 48.6 Å². The van der Waals surface area contributed by atoms with Gasteiger partial charge in [0.05, 0.1) is 33.0 Å². The van der Waals surface area contributed by atoms with Gasteiger partial charge in [-0.2, -0.15) is 5.21 Å². The van der Waals surface area contributed by atoms with Crippen molar-refractivity contribution in [3.05, 3.63) is 91.0 Å². The number of carbonyl (C=O) groups is 2. The Balaban J connectivity index is 0.997. The molecule has 322 valence electrons. The molecule has 0 saturated carbocycles. The van der Waals surface area contributed by atoms with E-state index in [0.29, 0.717) is 18.1 Å². The van der Waals surface area contributed by atoms with Crippen LogP contribution >= 0.6 is 11.6 Å². The smallest absolute Gasteiger partial charge is 0.426 e. The zero-order valence-corrected chi connectivity index (χ0v) is 33.0. The van der Waals surface area contributed by atoms with Gasteiger partial charge in [0.1, 0.15) is 30.7 Å². The summed E-state index contributed by atoms with van der Waals surface area (Å²) in [5, 5.41) is 33.1. The molecule has 0 aliphatic carbocycles. The summed E-state index contributed by atoms with van der Waals surface area (Å²) in [4.78, 5) is 60.3. The summed E-state index contributed by atoms with van der Waals surface area (Å²) in [7, 11) is 0. The molecule has 4 heterocycles. The van der Waals surface area contributed by atoms with Gasteiger partial charge in [-0.25, -0.2) is 14.6 Å². The molecule has 2 fully saturated rings. The molecule has 23 nitrogen and oxygen atoms in total. The van der Waals surface area contributed by atoms with E-state index < -0.39 is 65.7 Å². The van der Waals surface area contributed by atoms with Crippen molar-refractivity contribution in [1.82, 2.24) is 30.2 Å². The van der Waals surface area contributed by atoms with Crippen LogP contribution in [0.2, 0.25) is 5.15 Å². The summed E-state index contributed by atoms with van der Waals surface area (Å²) >= 11 is 6.54. The van der Waals surface area contributed by atoms with Crippen LogP contribution < -0.4 is 0 Å². The van der Waals surface area contributed by atoms with Crippen LogP contribution in [0.5, 0.6) is 0 Å². The molecule has 0 spiro atoms. The highest BCUT2D eigenvalue weighted by atomic mass is 35.5. The molecule has 2 aliphatic rings. The van der Waals surface area contributed by atoms with Crippen LogP contribution in [-0.2, 0) is 55.8 Å². The molecule has 0 bridgehead atoms. The lowest BCUT2D eigenvalue weighted by atomic mass is 9.98. The van der Waals surface area contributed by atoms with E-state index in [1.807, 2.05) is 55.5 Å². The lowest BCUT2D eigenvalue weighted by molar-refractivity contribution is -0.790. The van der Waals surface area contributed by atoms with E-state index in [1.54, 1.807) is 4.57 Å². The number of aromatic amines is 1. The molecular formula is C36H41ClN8O15.